The quantitative estimate of drug-likeness (QED) is 0.428. The summed E-state index contributed by atoms with van der Waals surface area (Å²) in [4.78, 5) is 10.3. The van der Waals surface area contributed by atoms with E-state index in [9.17, 15) is 15.2 Å². The molecule has 1 aromatic carbocycles. The van der Waals surface area contributed by atoms with Gasteiger partial charge in [0, 0.05) is 30.9 Å². The Morgan fingerprint density at radius 3 is 2.38 bits per heavy atom. The zero-order valence-electron chi connectivity index (χ0n) is 12.4. The van der Waals surface area contributed by atoms with Gasteiger partial charge in [-0.25, -0.2) is 0 Å². The second-order valence-corrected chi connectivity index (χ2v) is 4.31. The highest BCUT2D eigenvalue weighted by Crippen LogP contribution is 2.29. The number of aliphatic hydroxyl groups is 1. The SMILES string of the molecule is CCOC(COc1ccc([N+](=O)[O-])cc1C(C)O)OCC. The summed E-state index contributed by atoms with van der Waals surface area (Å²) in [5, 5.41) is 20.5. The lowest BCUT2D eigenvalue weighted by atomic mass is 10.1. The van der Waals surface area contributed by atoms with Crippen LogP contribution < -0.4 is 4.74 Å². The summed E-state index contributed by atoms with van der Waals surface area (Å²) in [6.45, 7) is 6.32. The second-order valence-electron chi connectivity index (χ2n) is 4.31. The lowest BCUT2D eigenvalue weighted by molar-refractivity contribution is -0.385. The van der Waals surface area contributed by atoms with Gasteiger partial charge in [0.05, 0.1) is 11.0 Å². The maximum absolute atomic E-state index is 10.8. The van der Waals surface area contributed by atoms with Crippen molar-refractivity contribution in [2.75, 3.05) is 19.8 Å². The fraction of sp³-hybridized carbons (Fsp3) is 0.571. The second kappa shape index (κ2) is 8.56. The summed E-state index contributed by atoms with van der Waals surface area (Å²) in [6.07, 6.45) is -1.39. The van der Waals surface area contributed by atoms with Crippen molar-refractivity contribution in [2.45, 2.75) is 33.2 Å². The molecule has 21 heavy (non-hydrogen) atoms. The van der Waals surface area contributed by atoms with Crippen LogP contribution in [0.4, 0.5) is 5.69 Å². The number of hydrogen-bond acceptors (Lipinski definition) is 6. The number of rotatable bonds is 9. The summed E-state index contributed by atoms with van der Waals surface area (Å²) in [7, 11) is 0. The van der Waals surface area contributed by atoms with Crippen molar-refractivity contribution in [3.63, 3.8) is 0 Å². The van der Waals surface area contributed by atoms with E-state index in [2.05, 4.69) is 0 Å². The molecule has 0 aliphatic rings. The zero-order chi connectivity index (χ0) is 15.8. The summed E-state index contributed by atoms with van der Waals surface area (Å²) in [5.41, 5.74) is 0.264. The van der Waals surface area contributed by atoms with Crippen molar-refractivity contribution in [1.82, 2.24) is 0 Å². The molecule has 0 amide bonds. The Morgan fingerprint density at radius 2 is 1.90 bits per heavy atom. The van der Waals surface area contributed by atoms with Gasteiger partial charge >= 0.3 is 0 Å². The highest BCUT2D eigenvalue weighted by atomic mass is 16.7. The minimum absolute atomic E-state index is 0.0931. The van der Waals surface area contributed by atoms with Gasteiger partial charge in [-0.1, -0.05) is 0 Å². The number of benzene rings is 1. The van der Waals surface area contributed by atoms with Crippen LogP contribution in [-0.4, -0.2) is 36.1 Å². The molecule has 0 heterocycles. The number of nitro groups is 1. The van der Waals surface area contributed by atoms with Gasteiger partial charge in [0.2, 0.25) is 0 Å². The van der Waals surface area contributed by atoms with E-state index in [-0.39, 0.29) is 12.3 Å². The molecule has 7 heteroatoms. The van der Waals surface area contributed by atoms with Crippen molar-refractivity contribution in [3.8, 4) is 5.75 Å². The summed E-state index contributed by atoms with van der Waals surface area (Å²) in [5.74, 6) is 0.375. The number of nitro benzene ring substituents is 1. The normalized spacial score (nSPS) is 12.4. The Balaban J connectivity index is 2.84. The highest BCUT2D eigenvalue weighted by Gasteiger charge is 2.17. The molecular weight excluding hydrogens is 278 g/mol. The van der Waals surface area contributed by atoms with Gasteiger partial charge in [-0.05, 0) is 26.8 Å². The first-order valence-corrected chi connectivity index (χ1v) is 6.82. The Hall–Kier alpha value is -1.70. The van der Waals surface area contributed by atoms with Crippen LogP contribution in [0.3, 0.4) is 0 Å². The molecule has 0 radical (unpaired) electrons. The molecule has 0 aliphatic carbocycles. The van der Waals surface area contributed by atoms with Gasteiger partial charge in [0.25, 0.3) is 5.69 Å². The number of nitrogens with zero attached hydrogens (tertiary/aromatic N) is 1. The van der Waals surface area contributed by atoms with Gasteiger partial charge in [-0.3, -0.25) is 10.1 Å². The monoisotopic (exact) mass is 299 g/mol. The van der Waals surface area contributed by atoms with Crippen LogP contribution in [0.15, 0.2) is 18.2 Å². The fourth-order valence-corrected chi connectivity index (χ4v) is 1.78. The van der Waals surface area contributed by atoms with E-state index in [0.717, 1.165) is 0 Å². The van der Waals surface area contributed by atoms with Gasteiger partial charge in [0.15, 0.2) is 6.29 Å². The molecule has 0 aliphatic heterocycles. The number of ether oxygens (including phenoxy) is 3. The van der Waals surface area contributed by atoms with Gasteiger partial charge in [-0.2, -0.15) is 0 Å². The molecule has 0 aromatic heterocycles. The highest BCUT2D eigenvalue weighted by molar-refractivity contribution is 5.44. The van der Waals surface area contributed by atoms with Gasteiger partial charge in [-0.15, -0.1) is 0 Å². The maximum atomic E-state index is 10.8. The molecule has 0 saturated carbocycles. The summed E-state index contributed by atoms with van der Waals surface area (Å²) >= 11 is 0. The zero-order valence-corrected chi connectivity index (χ0v) is 12.4. The van der Waals surface area contributed by atoms with Gasteiger partial charge in [0.1, 0.15) is 12.4 Å². The smallest absolute Gasteiger partial charge is 0.270 e. The van der Waals surface area contributed by atoms with Crippen LogP contribution in [0.5, 0.6) is 5.75 Å². The molecule has 0 spiro atoms. The van der Waals surface area contributed by atoms with E-state index in [1.807, 2.05) is 13.8 Å². The third-order valence-corrected chi connectivity index (χ3v) is 2.73. The molecule has 0 fully saturated rings. The van der Waals surface area contributed by atoms with Crippen molar-refractivity contribution >= 4 is 5.69 Å². The third kappa shape index (κ3) is 5.30. The molecule has 0 bridgehead atoms. The summed E-state index contributed by atoms with van der Waals surface area (Å²) < 4.78 is 16.3. The third-order valence-electron chi connectivity index (χ3n) is 2.73. The fourth-order valence-electron chi connectivity index (χ4n) is 1.78. The standard InChI is InChI=1S/C14H21NO6/c1-4-19-14(20-5-2)9-21-13-7-6-11(15(17)18)8-12(13)10(3)16/h6-8,10,14,16H,4-5,9H2,1-3H3. The Bertz CT molecular complexity index is 457. The van der Waals surface area contributed by atoms with Crippen molar-refractivity contribution in [2.24, 2.45) is 0 Å². The Labute approximate surface area is 123 Å². The lowest BCUT2D eigenvalue weighted by Gasteiger charge is -2.19. The predicted octanol–water partition coefficient (Wildman–Crippen LogP) is 2.43. The Morgan fingerprint density at radius 1 is 1.29 bits per heavy atom. The van der Waals surface area contributed by atoms with Crippen LogP contribution in [-0.2, 0) is 9.47 Å². The molecular formula is C14H21NO6. The first-order chi connectivity index (χ1) is 9.99. The first kappa shape index (κ1) is 17.4. The molecule has 1 aromatic rings. The van der Waals surface area contributed by atoms with Crippen LogP contribution in [0, 0.1) is 10.1 Å². The van der Waals surface area contributed by atoms with Crippen LogP contribution >= 0.6 is 0 Å². The molecule has 118 valence electrons. The molecule has 1 N–H and O–H groups in total. The van der Waals surface area contributed by atoms with E-state index < -0.39 is 17.3 Å². The van der Waals surface area contributed by atoms with Crippen molar-refractivity contribution in [1.29, 1.82) is 0 Å². The van der Waals surface area contributed by atoms with E-state index in [1.165, 1.54) is 25.1 Å². The van der Waals surface area contributed by atoms with E-state index in [4.69, 9.17) is 14.2 Å². The largest absolute Gasteiger partial charge is 0.488 e. The number of hydrogen-bond donors (Lipinski definition) is 1. The minimum atomic E-state index is -0.877. The van der Waals surface area contributed by atoms with Crippen LogP contribution in [0.25, 0.3) is 0 Å². The molecule has 1 unspecified atom stereocenters. The number of non-ortho nitro benzene ring substituents is 1. The average Bonchev–Trinajstić information content (AvgIpc) is 2.44. The van der Waals surface area contributed by atoms with Gasteiger partial charge < -0.3 is 19.3 Å². The minimum Gasteiger partial charge on any atom is -0.488 e. The molecule has 1 atom stereocenters. The maximum Gasteiger partial charge on any atom is 0.270 e. The molecule has 1 rings (SSSR count). The van der Waals surface area contributed by atoms with Crippen molar-refractivity contribution in [3.05, 3.63) is 33.9 Å². The summed E-state index contributed by atoms with van der Waals surface area (Å²) in [6, 6.07) is 4.10. The van der Waals surface area contributed by atoms with E-state index >= 15 is 0 Å². The molecule has 7 nitrogen and oxygen atoms in total. The van der Waals surface area contributed by atoms with Crippen LogP contribution in [0.2, 0.25) is 0 Å². The van der Waals surface area contributed by atoms with E-state index in [0.29, 0.717) is 24.5 Å². The molecule has 0 saturated heterocycles. The average molecular weight is 299 g/mol. The van der Waals surface area contributed by atoms with Crippen molar-refractivity contribution < 1.29 is 24.2 Å². The van der Waals surface area contributed by atoms with E-state index in [1.54, 1.807) is 0 Å². The lowest BCUT2D eigenvalue weighted by Crippen LogP contribution is -2.25. The topological polar surface area (TPSA) is 91.1 Å². The van der Waals surface area contributed by atoms with Crippen LogP contribution in [0.1, 0.15) is 32.4 Å². The number of aliphatic hydroxyl groups excluding tert-OH is 1. The predicted molar refractivity (Wildman–Crippen MR) is 76.3 cm³/mol. The first-order valence-electron chi connectivity index (χ1n) is 6.82. The Kier molecular flexibility index (Phi) is 7.07.